The number of nitrogens with zero attached hydrogens (tertiary/aromatic N) is 1. The van der Waals surface area contributed by atoms with Crippen LogP contribution in [0.2, 0.25) is 0 Å². The summed E-state index contributed by atoms with van der Waals surface area (Å²) in [7, 11) is 0. The van der Waals surface area contributed by atoms with Gasteiger partial charge in [-0.15, -0.1) is 0 Å². The summed E-state index contributed by atoms with van der Waals surface area (Å²) in [5, 5.41) is 2.79. The molecule has 1 N–H and O–H groups in total. The molecule has 0 unspecified atom stereocenters. The van der Waals surface area contributed by atoms with Crippen molar-refractivity contribution in [1.29, 1.82) is 0 Å². The summed E-state index contributed by atoms with van der Waals surface area (Å²) in [6.45, 7) is 7.02. The molecule has 0 bridgehead atoms. The first-order valence-electron chi connectivity index (χ1n) is 10.8. The molecule has 32 heavy (non-hydrogen) atoms. The number of ketones is 1. The zero-order chi connectivity index (χ0) is 23.3. The number of ether oxygens (including phenoxy) is 1. The number of hydrogen-bond acceptors (Lipinski definition) is 4. The van der Waals surface area contributed by atoms with E-state index in [1.807, 2.05) is 20.8 Å². The van der Waals surface area contributed by atoms with E-state index in [-0.39, 0.29) is 17.6 Å². The Kier molecular flexibility index (Phi) is 7.28. The highest BCUT2D eigenvalue weighted by molar-refractivity contribution is 6.15. The van der Waals surface area contributed by atoms with E-state index in [0.717, 1.165) is 12.8 Å². The zero-order valence-corrected chi connectivity index (χ0v) is 18.7. The highest BCUT2D eigenvalue weighted by Crippen LogP contribution is 2.22. The van der Waals surface area contributed by atoms with Gasteiger partial charge >= 0.3 is 6.09 Å². The first-order valence-corrected chi connectivity index (χ1v) is 10.8. The van der Waals surface area contributed by atoms with Gasteiger partial charge in [0.15, 0.2) is 5.78 Å². The number of carbonyl (C=O) groups is 3. The van der Waals surface area contributed by atoms with E-state index < -0.39 is 17.5 Å². The molecule has 2 aromatic rings. The molecule has 0 atom stereocenters. The SMILES string of the molecule is CC(C)(C)OC(=O)NCC1CCN(C(=O)c2ccccc2C(=O)c2ccc(F)cc2)CC1. The Labute approximate surface area is 187 Å². The lowest BCUT2D eigenvalue weighted by atomic mass is 9.94. The van der Waals surface area contributed by atoms with Gasteiger partial charge in [0.2, 0.25) is 0 Å². The normalized spacial score (nSPS) is 14.7. The second kappa shape index (κ2) is 9.94. The minimum Gasteiger partial charge on any atom is -0.444 e. The molecule has 1 aliphatic rings. The maximum Gasteiger partial charge on any atom is 0.407 e. The van der Waals surface area contributed by atoms with Crippen molar-refractivity contribution in [3.8, 4) is 0 Å². The number of rotatable bonds is 5. The molecule has 3 rings (SSSR count). The van der Waals surface area contributed by atoms with Crippen LogP contribution in [-0.4, -0.2) is 47.9 Å². The Morgan fingerprint density at radius 1 is 1.00 bits per heavy atom. The topological polar surface area (TPSA) is 75.7 Å². The number of piperidine rings is 1. The molecule has 170 valence electrons. The van der Waals surface area contributed by atoms with E-state index in [1.54, 1.807) is 29.2 Å². The van der Waals surface area contributed by atoms with Gasteiger partial charge in [-0.25, -0.2) is 9.18 Å². The maximum absolute atomic E-state index is 13.2. The number of alkyl carbamates (subject to hydrolysis) is 1. The van der Waals surface area contributed by atoms with Crippen molar-refractivity contribution in [2.45, 2.75) is 39.2 Å². The lowest BCUT2D eigenvalue weighted by Crippen LogP contribution is -2.42. The minimum atomic E-state index is -0.543. The van der Waals surface area contributed by atoms with Crippen LogP contribution in [0.1, 0.15) is 59.9 Å². The Morgan fingerprint density at radius 2 is 1.59 bits per heavy atom. The van der Waals surface area contributed by atoms with Crippen molar-refractivity contribution in [2.75, 3.05) is 19.6 Å². The molecule has 7 heteroatoms. The second-order valence-electron chi connectivity index (χ2n) is 9.00. The standard InChI is InChI=1S/C25H29FN2O4/c1-25(2,3)32-24(31)27-16-17-12-14-28(15-13-17)23(30)21-7-5-4-6-20(21)22(29)18-8-10-19(26)11-9-18/h4-11,17H,12-16H2,1-3H3,(H,27,31). The maximum atomic E-state index is 13.2. The molecule has 2 aromatic carbocycles. The van der Waals surface area contributed by atoms with Gasteiger partial charge in [-0.3, -0.25) is 9.59 Å². The lowest BCUT2D eigenvalue weighted by Gasteiger charge is -2.32. The molecule has 0 spiro atoms. The summed E-state index contributed by atoms with van der Waals surface area (Å²) in [5.41, 5.74) is 0.432. The van der Waals surface area contributed by atoms with Gasteiger partial charge in [0.25, 0.3) is 5.91 Å². The predicted molar refractivity (Wildman–Crippen MR) is 119 cm³/mol. The smallest absolute Gasteiger partial charge is 0.407 e. The first kappa shape index (κ1) is 23.4. The molecular weight excluding hydrogens is 411 g/mol. The Balaban J connectivity index is 1.60. The number of halogens is 1. The molecule has 0 saturated carbocycles. The van der Waals surface area contributed by atoms with Gasteiger partial charge in [0.05, 0.1) is 5.56 Å². The van der Waals surface area contributed by atoms with Crippen LogP contribution in [0.25, 0.3) is 0 Å². The third-order valence-corrected chi connectivity index (χ3v) is 5.34. The monoisotopic (exact) mass is 440 g/mol. The summed E-state index contributed by atoms with van der Waals surface area (Å²) < 4.78 is 18.5. The lowest BCUT2D eigenvalue weighted by molar-refractivity contribution is 0.0500. The average molecular weight is 441 g/mol. The van der Waals surface area contributed by atoms with E-state index in [0.29, 0.717) is 36.3 Å². The van der Waals surface area contributed by atoms with E-state index in [4.69, 9.17) is 4.74 Å². The van der Waals surface area contributed by atoms with Crippen molar-refractivity contribution < 1.29 is 23.5 Å². The summed E-state index contributed by atoms with van der Waals surface area (Å²) >= 11 is 0. The van der Waals surface area contributed by atoms with Gasteiger partial charge in [0, 0.05) is 30.8 Å². The van der Waals surface area contributed by atoms with Crippen LogP contribution in [0.4, 0.5) is 9.18 Å². The van der Waals surface area contributed by atoms with Gasteiger partial charge < -0.3 is 15.0 Å². The molecule has 6 nitrogen and oxygen atoms in total. The number of nitrogens with one attached hydrogen (secondary N) is 1. The van der Waals surface area contributed by atoms with Crippen LogP contribution >= 0.6 is 0 Å². The first-order chi connectivity index (χ1) is 15.1. The van der Waals surface area contributed by atoms with Crippen molar-refractivity contribution >= 4 is 17.8 Å². The van der Waals surface area contributed by atoms with Crippen molar-refractivity contribution in [1.82, 2.24) is 10.2 Å². The molecule has 2 amide bonds. The summed E-state index contributed by atoms with van der Waals surface area (Å²) in [6, 6.07) is 12.0. The fourth-order valence-electron chi connectivity index (χ4n) is 3.68. The molecule has 1 heterocycles. The number of benzene rings is 2. The molecular formula is C25H29FN2O4. The molecule has 1 aliphatic heterocycles. The van der Waals surface area contributed by atoms with Crippen molar-refractivity contribution in [3.63, 3.8) is 0 Å². The van der Waals surface area contributed by atoms with Gasteiger partial charge in [0.1, 0.15) is 11.4 Å². The number of likely N-dealkylation sites (tertiary alicyclic amines) is 1. The van der Waals surface area contributed by atoms with Crippen LogP contribution in [-0.2, 0) is 4.74 Å². The van der Waals surface area contributed by atoms with Crippen LogP contribution in [0.15, 0.2) is 48.5 Å². The average Bonchev–Trinajstić information content (AvgIpc) is 2.76. The van der Waals surface area contributed by atoms with E-state index in [9.17, 15) is 18.8 Å². The van der Waals surface area contributed by atoms with E-state index in [1.165, 1.54) is 24.3 Å². The minimum absolute atomic E-state index is 0.199. The van der Waals surface area contributed by atoms with Crippen LogP contribution in [0.5, 0.6) is 0 Å². The van der Waals surface area contributed by atoms with Gasteiger partial charge in [-0.05, 0) is 69.9 Å². The largest absolute Gasteiger partial charge is 0.444 e. The van der Waals surface area contributed by atoms with Gasteiger partial charge in [-0.1, -0.05) is 18.2 Å². The second-order valence-corrected chi connectivity index (χ2v) is 9.00. The third kappa shape index (κ3) is 6.15. The summed E-state index contributed by atoms with van der Waals surface area (Å²) in [4.78, 5) is 39.7. The fourth-order valence-corrected chi connectivity index (χ4v) is 3.68. The summed E-state index contributed by atoms with van der Waals surface area (Å²) in [6.07, 6.45) is 1.05. The molecule has 0 radical (unpaired) electrons. The molecule has 0 aliphatic carbocycles. The third-order valence-electron chi connectivity index (χ3n) is 5.34. The highest BCUT2D eigenvalue weighted by atomic mass is 19.1. The highest BCUT2D eigenvalue weighted by Gasteiger charge is 2.27. The fraction of sp³-hybridized carbons (Fsp3) is 0.400. The number of amides is 2. The zero-order valence-electron chi connectivity index (χ0n) is 18.7. The van der Waals surface area contributed by atoms with Crippen LogP contribution in [0.3, 0.4) is 0 Å². The Morgan fingerprint density at radius 3 is 2.19 bits per heavy atom. The van der Waals surface area contributed by atoms with Crippen LogP contribution in [0, 0.1) is 11.7 Å². The van der Waals surface area contributed by atoms with Crippen LogP contribution < -0.4 is 5.32 Å². The van der Waals surface area contributed by atoms with Crippen molar-refractivity contribution in [3.05, 3.63) is 71.0 Å². The quantitative estimate of drug-likeness (QED) is 0.698. The van der Waals surface area contributed by atoms with E-state index >= 15 is 0 Å². The Bertz CT molecular complexity index is 974. The van der Waals surface area contributed by atoms with Gasteiger partial charge in [-0.2, -0.15) is 0 Å². The molecule has 1 fully saturated rings. The van der Waals surface area contributed by atoms with E-state index in [2.05, 4.69) is 5.32 Å². The predicted octanol–water partition coefficient (Wildman–Crippen LogP) is 4.43. The number of hydrogen-bond donors (Lipinski definition) is 1. The summed E-state index contributed by atoms with van der Waals surface area (Å²) in [5.74, 6) is -0.683. The Hall–Kier alpha value is -3.22. The number of carbonyl (C=O) groups excluding carboxylic acids is 3. The molecule has 0 aromatic heterocycles. The molecule has 1 saturated heterocycles. The van der Waals surface area contributed by atoms with Crippen molar-refractivity contribution in [2.24, 2.45) is 5.92 Å².